The number of hydrogen-bond acceptors (Lipinski definition) is 4. The van der Waals surface area contributed by atoms with Crippen LogP contribution < -0.4 is 0 Å². The van der Waals surface area contributed by atoms with Crippen molar-refractivity contribution in [2.75, 3.05) is 6.54 Å². The molecule has 1 fully saturated rings. The van der Waals surface area contributed by atoms with Crippen LogP contribution in [0.5, 0.6) is 0 Å². The van der Waals surface area contributed by atoms with Crippen molar-refractivity contribution in [3.05, 3.63) is 11.1 Å². The van der Waals surface area contributed by atoms with E-state index in [1.165, 1.54) is 6.20 Å². The summed E-state index contributed by atoms with van der Waals surface area (Å²) in [4.78, 5) is 15.0. The quantitative estimate of drug-likeness (QED) is 0.742. The van der Waals surface area contributed by atoms with Crippen molar-refractivity contribution in [1.82, 2.24) is 14.5 Å². The average molecular weight is 290 g/mol. The highest BCUT2D eigenvalue weighted by Gasteiger charge is 2.29. The van der Waals surface area contributed by atoms with Crippen LogP contribution in [0.3, 0.4) is 0 Å². The molecule has 6 heteroatoms. The van der Waals surface area contributed by atoms with Crippen molar-refractivity contribution in [3.8, 4) is 0 Å². The number of hydrogen-bond donors (Lipinski definition) is 0. The minimum absolute atomic E-state index is 0.0571. The summed E-state index contributed by atoms with van der Waals surface area (Å²) < 4.78 is 3.71. The van der Waals surface area contributed by atoms with Crippen LogP contribution >= 0.6 is 27.5 Å². The molecule has 82 valence electrons. The molecule has 1 aromatic rings. The second kappa shape index (κ2) is 4.57. The molecule has 1 saturated heterocycles. The number of piperidine rings is 1. The number of amides is 1. The zero-order chi connectivity index (χ0) is 10.8. The largest absolute Gasteiger partial charge is 0.334 e. The van der Waals surface area contributed by atoms with E-state index in [9.17, 15) is 4.79 Å². The van der Waals surface area contributed by atoms with Gasteiger partial charge in [0.15, 0.2) is 0 Å². The Morgan fingerprint density at radius 2 is 2.47 bits per heavy atom. The lowest BCUT2D eigenvalue weighted by Crippen LogP contribution is -2.45. The van der Waals surface area contributed by atoms with E-state index in [1.807, 2.05) is 4.90 Å². The fourth-order valence-electron chi connectivity index (χ4n) is 1.75. The molecule has 0 radical (unpaired) electrons. The van der Waals surface area contributed by atoms with E-state index in [4.69, 9.17) is 0 Å². The third-order valence-electron chi connectivity index (χ3n) is 2.66. The van der Waals surface area contributed by atoms with Gasteiger partial charge in [-0.2, -0.15) is 0 Å². The molecule has 0 bridgehead atoms. The minimum atomic E-state index is 0.0571. The van der Waals surface area contributed by atoms with Crippen LogP contribution in [0.1, 0.15) is 29.4 Å². The molecular weight excluding hydrogens is 278 g/mol. The highest BCUT2D eigenvalue weighted by atomic mass is 79.9. The summed E-state index contributed by atoms with van der Waals surface area (Å²) in [7, 11) is 0. The van der Waals surface area contributed by atoms with Crippen LogP contribution in [-0.4, -0.2) is 37.8 Å². The minimum Gasteiger partial charge on any atom is -0.334 e. The van der Waals surface area contributed by atoms with Crippen molar-refractivity contribution < 1.29 is 4.79 Å². The number of carbonyl (C=O) groups is 1. The Hall–Kier alpha value is -0.490. The Morgan fingerprint density at radius 1 is 1.67 bits per heavy atom. The maximum atomic E-state index is 12.1. The molecule has 0 spiro atoms. The van der Waals surface area contributed by atoms with Crippen LogP contribution in [0.15, 0.2) is 6.20 Å². The maximum Gasteiger partial charge on any atom is 0.267 e. The molecule has 15 heavy (non-hydrogen) atoms. The molecule has 1 aliphatic heterocycles. The van der Waals surface area contributed by atoms with Gasteiger partial charge in [-0.15, -0.1) is 5.10 Å². The van der Waals surface area contributed by atoms with Gasteiger partial charge in [0.25, 0.3) is 5.91 Å². The molecule has 0 aliphatic carbocycles. The summed E-state index contributed by atoms with van der Waals surface area (Å²) >= 11 is 4.73. The van der Waals surface area contributed by atoms with Crippen LogP contribution in [-0.2, 0) is 0 Å². The van der Waals surface area contributed by atoms with Gasteiger partial charge < -0.3 is 4.90 Å². The van der Waals surface area contributed by atoms with Crippen LogP contribution in [0.25, 0.3) is 0 Å². The zero-order valence-corrected chi connectivity index (χ0v) is 10.8. The first-order valence-electron chi connectivity index (χ1n) is 4.91. The number of rotatable bonds is 1. The topological polar surface area (TPSA) is 46.1 Å². The Balaban J connectivity index is 2.12. The van der Waals surface area contributed by atoms with Gasteiger partial charge in [-0.3, -0.25) is 4.79 Å². The summed E-state index contributed by atoms with van der Waals surface area (Å²) in [6.07, 6.45) is 3.72. The zero-order valence-electron chi connectivity index (χ0n) is 8.39. The lowest BCUT2D eigenvalue weighted by atomic mass is 10.0. The fraction of sp³-hybridized carbons (Fsp3) is 0.667. The van der Waals surface area contributed by atoms with Crippen molar-refractivity contribution in [3.63, 3.8) is 0 Å². The molecular formula is C9H12BrN3OS. The fourth-order valence-corrected chi connectivity index (χ4v) is 2.80. The van der Waals surface area contributed by atoms with Gasteiger partial charge in [-0.1, -0.05) is 20.4 Å². The standard InChI is InChI=1S/C9H12BrN3OS/c1-6-2-3-7(10)5-13(6)9(14)8-4-11-12-15-8/h4,6-7H,2-3,5H2,1H3. The van der Waals surface area contributed by atoms with Gasteiger partial charge in [0.05, 0.1) is 6.20 Å². The SMILES string of the molecule is CC1CCC(Br)CN1C(=O)c1cnns1. The number of aromatic nitrogens is 2. The van der Waals surface area contributed by atoms with E-state index in [1.54, 1.807) is 0 Å². The van der Waals surface area contributed by atoms with Gasteiger partial charge >= 0.3 is 0 Å². The highest BCUT2D eigenvalue weighted by molar-refractivity contribution is 9.09. The average Bonchev–Trinajstić information content (AvgIpc) is 2.74. The van der Waals surface area contributed by atoms with Crippen molar-refractivity contribution in [2.45, 2.75) is 30.6 Å². The predicted molar refractivity (Wildman–Crippen MR) is 62.4 cm³/mol. The van der Waals surface area contributed by atoms with Crippen molar-refractivity contribution >= 4 is 33.4 Å². The van der Waals surface area contributed by atoms with Crippen molar-refractivity contribution in [1.29, 1.82) is 0 Å². The van der Waals surface area contributed by atoms with Crippen LogP contribution in [0, 0.1) is 0 Å². The lowest BCUT2D eigenvalue weighted by molar-refractivity contribution is 0.0649. The molecule has 2 heterocycles. The van der Waals surface area contributed by atoms with Crippen molar-refractivity contribution in [2.24, 2.45) is 0 Å². The Labute approximate surface area is 101 Å². The van der Waals surface area contributed by atoms with E-state index in [0.29, 0.717) is 15.7 Å². The molecule has 0 saturated carbocycles. The first-order chi connectivity index (χ1) is 7.18. The molecule has 0 N–H and O–H groups in total. The summed E-state index contributed by atoms with van der Waals surface area (Å²) in [5.41, 5.74) is 0. The Kier molecular flexibility index (Phi) is 3.35. The second-order valence-corrected chi connectivity index (χ2v) is 5.84. The molecule has 4 nitrogen and oxygen atoms in total. The second-order valence-electron chi connectivity index (χ2n) is 3.76. The van der Waals surface area contributed by atoms with E-state index in [-0.39, 0.29) is 5.91 Å². The summed E-state index contributed by atoms with van der Waals surface area (Å²) in [6.45, 7) is 2.86. The van der Waals surface area contributed by atoms with E-state index < -0.39 is 0 Å². The number of nitrogens with zero attached hydrogens (tertiary/aromatic N) is 3. The third kappa shape index (κ3) is 2.36. The van der Waals surface area contributed by atoms with Crippen LogP contribution in [0.4, 0.5) is 0 Å². The molecule has 1 aliphatic rings. The van der Waals surface area contributed by atoms with E-state index in [0.717, 1.165) is 30.9 Å². The highest BCUT2D eigenvalue weighted by Crippen LogP contribution is 2.24. The smallest absolute Gasteiger partial charge is 0.267 e. The summed E-state index contributed by atoms with van der Waals surface area (Å²) in [5.74, 6) is 0.0571. The lowest BCUT2D eigenvalue weighted by Gasteiger charge is -2.35. The van der Waals surface area contributed by atoms with Gasteiger partial charge in [-0.05, 0) is 31.3 Å². The Bertz CT molecular complexity index is 343. The summed E-state index contributed by atoms with van der Waals surface area (Å²) in [5, 5.41) is 3.69. The molecule has 2 atom stereocenters. The maximum absolute atomic E-state index is 12.1. The van der Waals surface area contributed by atoms with E-state index >= 15 is 0 Å². The number of carbonyl (C=O) groups excluding carboxylic acids is 1. The van der Waals surface area contributed by atoms with Gasteiger partial charge in [0.1, 0.15) is 4.88 Å². The number of halogens is 1. The molecule has 0 aromatic carbocycles. The van der Waals surface area contributed by atoms with Gasteiger partial charge in [-0.25, -0.2) is 0 Å². The van der Waals surface area contributed by atoms with Gasteiger partial charge in [0.2, 0.25) is 0 Å². The Morgan fingerprint density at radius 3 is 3.13 bits per heavy atom. The number of alkyl halides is 1. The van der Waals surface area contributed by atoms with E-state index in [2.05, 4.69) is 32.4 Å². The molecule has 2 rings (SSSR count). The first kappa shape index (κ1) is 11.0. The monoisotopic (exact) mass is 289 g/mol. The van der Waals surface area contributed by atoms with Crippen LogP contribution in [0.2, 0.25) is 0 Å². The predicted octanol–water partition coefficient (Wildman–Crippen LogP) is 1.93. The molecule has 2 unspecified atom stereocenters. The molecule has 1 aromatic heterocycles. The summed E-state index contributed by atoms with van der Waals surface area (Å²) in [6, 6.07) is 0.313. The number of likely N-dealkylation sites (tertiary alicyclic amines) is 1. The van der Waals surface area contributed by atoms with Gasteiger partial charge in [0, 0.05) is 17.4 Å². The third-order valence-corrected chi connectivity index (χ3v) is 4.06. The first-order valence-corrected chi connectivity index (χ1v) is 6.60. The molecule has 1 amide bonds. The normalized spacial score (nSPS) is 26.7.